The van der Waals surface area contributed by atoms with Gasteiger partial charge in [0.15, 0.2) is 11.4 Å². The number of rotatable bonds is 3. The molecule has 0 aliphatic heterocycles. The second kappa shape index (κ2) is 4.44. The molecule has 0 fully saturated rings. The van der Waals surface area contributed by atoms with E-state index in [9.17, 15) is 9.18 Å². The van der Waals surface area contributed by atoms with Crippen LogP contribution in [0.15, 0.2) is 34.6 Å². The Hall–Kier alpha value is -1.69. The maximum atomic E-state index is 13.3. The topological polar surface area (TPSA) is 47.8 Å². The lowest BCUT2D eigenvalue weighted by atomic mass is 10.2. The second-order valence-corrected chi connectivity index (χ2v) is 4.11. The third-order valence-electron chi connectivity index (χ3n) is 2.00. The van der Waals surface area contributed by atoms with Gasteiger partial charge in [-0.2, -0.15) is 0 Å². The highest BCUT2D eigenvalue weighted by Crippen LogP contribution is 2.28. The minimum Gasteiger partial charge on any atom is -0.311 e. The quantitative estimate of drug-likeness (QED) is 0.765. The molecule has 6 heteroatoms. The first-order chi connectivity index (χ1) is 7.72. The number of aryl methyl sites for hydroxylation is 1. The van der Waals surface area contributed by atoms with E-state index in [0.717, 1.165) is 0 Å². The molecule has 82 valence electrons. The fourth-order valence-electron chi connectivity index (χ4n) is 1.18. The Morgan fingerprint density at radius 1 is 1.50 bits per heavy atom. The largest absolute Gasteiger partial charge is 0.311 e. The van der Waals surface area contributed by atoms with E-state index in [1.807, 2.05) is 0 Å². The number of aldehydes is 1. The summed E-state index contributed by atoms with van der Waals surface area (Å²) in [6.45, 7) is 0. The smallest absolute Gasteiger partial charge is 0.195 e. The van der Waals surface area contributed by atoms with Crippen molar-refractivity contribution < 1.29 is 9.18 Å². The minimum absolute atomic E-state index is 0.0514. The van der Waals surface area contributed by atoms with Crippen molar-refractivity contribution in [3.8, 4) is 0 Å². The maximum absolute atomic E-state index is 13.3. The Labute approximate surface area is 95.5 Å². The summed E-state index contributed by atoms with van der Waals surface area (Å²) < 4.78 is 15.0. The molecular weight excluding hydrogens is 229 g/mol. The van der Waals surface area contributed by atoms with Gasteiger partial charge >= 0.3 is 0 Å². The third kappa shape index (κ3) is 1.96. The molecule has 0 spiro atoms. The summed E-state index contributed by atoms with van der Waals surface area (Å²) in [5, 5.41) is 8.16. The number of hydrogen-bond acceptors (Lipinski definition) is 4. The Morgan fingerprint density at radius 2 is 2.31 bits per heavy atom. The first-order valence-electron chi connectivity index (χ1n) is 4.48. The second-order valence-electron chi connectivity index (χ2n) is 3.10. The summed E-state index contributed by atoms with van der Waals surface area (Å²) in [6.07, 6.45) is 2.05. The first-order valence-corrected chi connectivity index (χ1v) is 5.29. The summed E-state index contributed by atoms with van der Waals surface area (Å²) in [5.41, 5.74) is 0.0514. The molecule has 2 aromatic rings. The molecule has 0 atom stereocenters. The molecule has 1 aromatic carbocycles. The number of benzene rings is 1. The first kappa shape index (κ1) is 10.8. The van der Waals surface area contributed by atoms with E-state index in [-0.39, 0.29) is 5.56 Å². The molecule has 0 saturated heterocycles. The summed E-state index contributed by atoms with van der Waals surface area (Å²) in [4.78, 5) is 11.3. The molecule has 0 aliphatic carbocycles. The van der Waals surface area contributed by atoms with Crippen molar-refractivity contribution in [1.82, 2.24) is 14.8 Å². The predicted octanol–water partition coefficient (Wildman–Crippen LogP) is 1.92. The van der Waals surface area contributed by atoms with E-state index >= 15 is 0 Å². The molecule has 1 aromatic heterocycles. The lowest BCUT2D eigenvalue weighted by Crippen LogP contribution is -1.93. The monoisotopic (exact) mass is 237 g/mol. The van der Waals surface area contributed by atoms with Crippen molar-refractivity contribution in [3.63, 3.8) is 0 Å². The number of nitrogens with zero attached hydrogens (tertiary/aromatic N) is 3. The SMILES string of the molecule is Cn1cnnc1Sc1cccc(F)c1C=O. The average molecular weight is 237 g/mol. The van der Waals surface area contributed by atoms with Crippen LogP contribution in [-0.4, -0.2) is 21.1 Å². The van der Waals surface area contributed by atoms with Gasteiger partial charge in [0, 0.05) is 11.9 Å². The number of hydrogen-bond donors (Lipinski definition) is 0. The van der Waals surface area contributed by atoms with E-state index in [2.05, 4.69) is 10.2 Å². The molecule has 0 bridgehead atoms. The van der Waals surface area contributed by atoms with Gasteiger partial charge in [-0.05, 0) is 23.9 Å². The van der Waals surface area contributed by atoms with Gasteiger partial charge in [-0.3, -0.25) is 4.79 Å². The van der Waals surface area contributed by atoms with Gasteiger partial charge in [0.2, 0.25) is 0 Å². The lowest BCUT2D eigenvalue weighted by Gasteiger charge is -2.03. The minimum atomic E-state index is -0.526. The third-order valence-corrected chi connectivity index (χ3v) is 3.13. The van der Waals surface area contributed by atoms with Crippen LogP contribution in [0.25, 0.3) is 0 Å². The van der Waals surface area contributed by atoms with Crippen molar-refractivity contribution in [2.75, 3.05) is 0 Å². The average Bonchev–Trinajstić information content (AvgIpc) is 2.65. The van der Waals surface area contributed by atoms with E-state index in [1.165, 1.54) is 17.8 Å². The summed E-state index contributed by atoms with van der Waals surface area (Å²) in [7, 11) is 1.78. The Kier molecular flexibility index (Phi) is 3.00. The van der Waals surface area contributed by atoms with Crippen LogP contribution < -0.4 is 0 Å². The molecule has 16 heavy (non-hydrogen) atoms. The van der Waals surface area contributed by atoms with Crippen LogP contribution >= 0.6 is 11.8 Å². The van der Waals surface area contributed by atoms with Crippen LogP contribution in [0, 0.1) is 5.82 Å². The number of carbonyl (C=O) groups is 1. The van der Waals surface area contributed by atoms with Crippen LogP contribution in [-0.2, 0) is 7.05 Å². The summed E-state index contributed by atoms with van der Waals surface area (Å²) in [6, 6.07) is 4.48. The van der Waals surface area contributed by atoms with Gasteiger partial charge in [0.25, 0.3) is 0 Å². The Balaban J connectivity index is 2.38. The zero-order valence-electron chi connectivity index (χ0n) is 8.42. The summed E-state index contributed by atoms with van der Waals surface area (Å²) >= 11 is 1.20. The van der Waals surface area contributed by atoms with Crippen molar-refractivity contribution in [2.45, 2.75) is 10.1 Å². The number of carbonyl (C=O) groups excluding carboxylic acids is 1. The van der Waals surface area contributed by atoms with Crippen LogP contribution in [0.4, 0.5) is 4.39 Å². The molecule has 4 nitrogen and oxygen atoms in total. The van der Waals surface area contributed by atoms with E-state index in [4.69, 9.17) is 0 Å². The van der Waals surface area contributed by atoms with E-state index in [1.54, 1.807) is 30.1 Å². The van der Waals surface area contributed by atoms with Crippen LogP contribution in [0.1, 0.15) is 10.4 Å². The van der Waals surface area contributed by atoms with E-state index in [0.29, 0.717) is 16.3 Å². The molecular formula is C10H8FN3OS. The molecule has 0 radical (unpaired) electrons. The van der Waals surface area contributed by atoms with Crippen LogP contribution in [0.2, 0.25) is 0 Å². The number of halogens is 1. The molecule has 0 saturated carbocycles. The molecule has 0 aliphatic rings. The van der Waals surface area contributed by atoms with Crippen LogP contribution in [0.5, 0.6) is 0 Å². The van der Waals surface area contributed by atoms with Gasteiger partial charge in [0.05, 0.1) is 5.56 Å². The van der Waals surface area contributed by atoms with E-state index < -0.39 is 5.82 Å². The van der Waals surface area contributed by atoms with Crippen molar-refractivity contribution >= 4 is 18.0 Å². The molecule has 0 amide bonds. The predicted molar refractivity (Wildman–Crippen MR) is 56.9 cm³/mol. The molecule has 0 unspecified atom stereocenters. The van der Waals surface area contributed by atoms with Crippen LogP contribution in [0.3, 0.4) is 0 Å². The summed E-state index contributed by atoms with van der Waals surface area (Å²) in [5.74, 6) is -0.526. The zero-order valence-corrected chi connectivity index (χ0v) is 9.24. The highest BCUT2D eigenvalue weighted by atomic mass is 32.2. The maximum Gasteiger partial charge on any atom is 0.195 e. The van der Waals surface area contributed by atoms with Gasteiger partial charge in [-0.1, -0.05) is 6.07 Å². The highest BCUT2D eigenvalue weighted by molar-refractivity contribution is 7.99. The van der Waals surface area contributed by atoms with Crippen molar-refractivity contribution in [2.24, 2.45) is 7.05 Å². The standard InChI is InChI=1S/C10H8FN3OS/c1-14-6-12-13-10(14)16-9-4-2-3-8(11)7(9)5-15/h2-6H,1H3. The fraction of sp³-hybridized carbons (Fsp3) is 0.100. The van der Waals surface area contributed by atoms with Gasteiger partial charge in [-0.25, -0.2) is 4.39 Å². The lowest BCUT2D eigenvalue weighted by molar-refractivity contribution is 0.111. The van der Waals surface area contributed by atoms with Gasteiger partial charge < -0.3 is 4.57 Å². The van der Waals surface area contributed by atoms with Gasteiger partial charge in [-0.15, -0.1) is 10.2 Å². The Morgan fingerprint density at radius 3 is 2.94 bits per heavy atom. The molecule has 0 N–H and O–H groups in total. The highest BCUT2D eigenvalue weighted by Gasteiger charge is 2.11. The van der Waals surface area contributed by atoms with Crippen molar-refractivity contribution in [3.05, 3.63) is 35.9 Å². The van der Waals surface area contributed by atoms with Crippen molar-refractivity contribution in [1.29, 1.82) is 0 Å². The normalized spacial score (nSPS) is 10.4. The Bertz CT molecular complexity index is 527. The fourth-order valence-corrected chi connectivity index (χ4v) is 2.06. The zero-order chi connectivity index (χ0) is 11.5. The molecule has 2 rings (SSSR count). The molecule has 1 heterocycles. The van der Waals surface area contributed by atoms with Gasteiger partial charge in [0.1, 0.15) is 12.1 Å². The number of aromatic nitrogens is 3.